The van der Waals surface area contributed by atoms with Crippen molar-refractivity contribution >= 4 is 17.5 Å². The van der Waals surface area contributed by atoms with Crippen molar-refractivity contribution in [3.8, 4) is 5.75 Å². The Morgan fingerprint density at radius 3 is 2.84 bits per heavy atom. The van der Waals surface area contributed by atoms with E-state index in [1.165, 1.54) is 11.1 Å². The van der Waals surface area contributed by atoms with Gasteiger partial charge in [-0.15, -0.1) is 0 Å². The molecule has 2 heterocycles. The van der Waals surface area contributed by atoms with E-state index in [-0.39, 0.29) is 18.4 Å². The Morgan fingerprint density at radius 2 is 2.04 bits per heavy atom. The van der Waals surface area contributed by atoms with Crippen LogP contribution in [0.2, 0.25) is 0 Å². The number of carbonyl (C=O) groups excluding carboxylic acids is 2. The summed E-state index contributed by atoms with van der Waals surface area (Å²) in [5.74, 6) is 0.922. The van der Waals surface area contributed by atoms with E-state index in [1.807, 2.05) is 11.0 Å². The molecule has 1 N–H and O–H groups in total. The van der Waals surface area contributed by atoms with E-state index in [1.54, 1.807) is 18.2 Å². The molecule has 2 aromatic carbocycles. The van der Waals surface area contributed by atoms with Gasteiger partial charge >= 0.3 is 0 Å². The minimum Gasteiger partial charge on any atom is -0.482 e. The standard InChI is InChI=1S/C20H20N2O3/c1-13-4-2-3-5-15(13)8-14-10-22(11-14)20(24)16-6-7-18-17(9-16)21-19(23)12-25-18/h2-7,9,14H,8,10-12H2,1H3,(H,21,23). The van der Waals surface area contributed by atoms with Gasteiger partial charge in [-0.25, -0.2) is 0 Å². The molecule has 0 unspecified atom stereocenters. The van der Waals surface area contributed by atoms with Crippen LogP contribution < -0.4 is 10.1 Å². The second-order valence-corrected chi connectivity index (χ2v) is 6.75. The van der Waals surface area contributed by atoms with Gasteiger partial charge in [0.25, 0.3) is 11.8 Å². The fraction of sp³-hybridized carbons (Fsp3) is 0.300. The summed E-state index contributed by atoms with van der Waals surface area (Å²) in [5, 5.41) is 2.74. The van der Waals surface area contributed by atoms with Crippen LogP contribution in [0.1, 0.15) is 21.5 Å². The molecule has 0 radical (unpaired) electrons. The molecule has 0 saturated carbocycles. The minimum absolute atomic E-state index is 0.00339. The Kier molecular flexibility index (Phi) is 3.92. The summed E-state index contributed by atoms with van der Waals surface area (Å²) in [6.45, 7) is 3.69. The number of nitrogens with one attached hydrogen (secondary N) is 1. The van der Waals surface area contributed by atoms with Gasteiger partial charge in [-0.05, 0) is 48.6 Å². The molecule has 5 heteroatoms. The molecule has 2 aromatic rings. The smallest absolute Gasteiger partial charge is 0.262 e. The zero-order valence-electron chi connectivity index (χ0n) is 14.1. The maximum atomic E-state index is 12.6. The summed E-state index contributed by atoms with van der Waals surface area (Å²) in [6, 6.07) is 13.6. The number of hydrogen-bond donors (Lipinski definition) is 1. The van der Waals surface area contributed by atoms with Crippen LogP contribution in [-0.4, -0.2) is 36.4 Å². The highest BCUT2D eigenvalue weighted by Crippen LogP contribution is 2.30. The molecule has 2 aliphatic heterocycles. The van der Waals surface area contributed by atoms with Crippen molar-refractivity contribution in [1.29, 1.82) is 0 Å². The normalized spacial score (nSPS) is 16.5. The van der Waals surface area contributed by atoms with Crippen molar-refractivity contribution in [2.24, 2.45) is 5.92 Å². The SMILES string of the molecule is Cc1ccccc1CC1CN(C(=O)c2ccc3c(c2)NC(=O)CO3)C1. The quantitative estimate of drug-likeness (QED) is 0.937. The molecule has 4 rings (SSSR count). The third-order valence-corrected chi connectivity index (χ3v) is 4.87. The molecule has 2 amide bonds. The monoisotopic (exact) mass is 336 g/mol. The van der Waals surface area contributed by atoms with Crippen molar-refractivity contribution in [2.45, 2.75) is 13.3 Å². The summed E-state index contributed by atoms with van der Waals surface area (Å²) in [5.41, 5.74) is 3.81. The molecule has 0 spiro atoms. The molecule has 0 aromatic heterocycles. The summed E-state index contributed by atoms with van der Waals surface area (Å²) >= 11 is 0. The van der Waals surface area contributed by atoms with Crippen LogP contribution in [0.4, 0.5) is 5.69 Å². The van der Waals surface area contributed by atoms with E-state index in [9.17, 15) is 9.59 Å². The molecule has 0 atom stereocenters. The number of fused-ring (bicyclic) bond motifs is 1. The van der Waals surface area contributed by atoms with E-state index >= 15 is 0 Å². The third-order valence-electron chi connectivity index (χ3n) is 4.87. The van der Waals surface area contributed by atoms with Crippen LogP contribution >= 0.6 is 0 Å². The predicted octanol–water partition coefficient (Wildman–Crippen LogP) is 2.64. The molecule has 1 fully saturated rings. The van der Waals surface area contributed by atoms with E-state index in [2.05, 4.69) is 30.4 Å². The van der Waals surface area contributed by atoms with Crippen LogP contribution in [0.15, 0.2) is 42.5 Å². The zero-order chi connectivity index (χ0) is 17.4. The molecular formula is C20H20N2O3. The van der Waals surface area contributed by atoms with Crippen LogP contribution in [0.5, 0.6) is 5.75 Å². The van der Waals surface area contributed by atoms with Gasteiger partial charge in [-0.2, -0.15) is 0 Å². The zero-order valence-corrected chi connectivity index (χ0v) is 14.1. The Morgan fingerprint density at radius 1 is 1.24 bits per heavy atom. The van der Waals surface area contributed by atoms with Gasteiger partial charge in [-0.1, -0.05) is 24.3 Å². The largest absolute Gasteiger partial charge is 0.482 e. The molecule has 128 valence electrons. The third kappa shape index (κ3) is 3.09. The molecule has 1 saturated heterocycles. The van der Waals surface area contributed by atoms with Crippen molar-refractivity contribution in [1.82, 2.24) is 4.90 Å². The molecule has 0 aliphatic carbocycles. The first kappa shape index (κ1) is 15.7. The highest BCUT2D eigenvalue weighted by Gasteiger charge is 2.32. The van der Waals surface area contributed by atoms with Crippen LogP contribution in [0, 0.1) is 12.8 Å². The van der Waals surface area contributed by atoms with Crippen molar-refractivity contribution in [3.63, 3.8) is 0 Å². The van der Waals surface area contributed by atoms with E-state index in [0.29, 0.717) is 22.9 Å². The maximum Gasteiger partial charge on any atom is 0.262 e. The highest BCUT2D eigenvalue weighted by atomic mass is 16.5. The average molecular weight is 336 g/mol. The molecule has 25 heavy (non-hydrogen) atoms. The fourth-order valence-electron chi connectivity index (χ4n) is 3.41. The van der Waals surface area contributed by atoms with E-state index in [0.717, 1.165) is 19.5 Å². The highest BCUT2D eigenvalue weighted by molar-refractivity contribution is 6.00. The number of likely N-dealkylation sites (tertiary alicyclic amines) is 1. The first-order valence-electron chi connectivity index (χ1n) is 8.50. The minimum atomic E-state index is -0.195. The average Bonchev–Trinajstić information content (AvgIpc) is 2.58. The molecular weight excluding hydrogens is 316 g/mol. The van der Waals surface area contributed by atoms with Gasteiger partial charge < -0.3 is 15.0 Å². The summed E-state index contributed by atoms with van der Waals surface area (Å²) in [7, 11) is 0. The number of ether oxygens (including phenoxy) is 1. The first-order valence-corrected chi connectivity index (χ1v) is 8.50. The van der Waals surface area contributed by atoms with Gasteiger partial charge in [0.05, 0.1) is 5.69 Å². The lowest BCUT2D eigenvalue weighted by molar-refractivity contribution is -0.118. The second kappa shape index (κ2) is 6.24. The number of rotatable bonds is 3. The van der Waals surface area contributed by atoms with Crippen LogP contribution in [-0.2, 0) is 11.2 Å². The summed E-state index contributed by atoms with van der Waals surface area (Å²) < 4.78 is 5.33. The molecule has 5 nitrogen and oxygen atoms in total. The van der Waals surface area contributed by atoms with Gasteiger partial charge in [-0.3, -0.25) is 9.59 Å². The number of hydrogen-bond acceptors (Lipinski definition) is 3. The van der Waals surface area contributed by atoms with Crippen LogP contribution in [0.3, 0.4) is 0 Å². The topological polar surface area (TPSA) is 58.6 Å². The second-order valence-electron chi connectivity index (χ2n) is 6.75. The fourth-order valence-corrected chi connectivity index (χ4v) is 3.41. The van der Waals surface area contributed by atoms with Gasteiger partial charge in [0, 0.05) is 18.7 Å². The molecule has 0 bridgehead atoms. The number of amides is 2. The maximum absolute atomic E-state index is 12.6. The van der Waals surface area contributed by atoms with Crippen molar-refractivity contribution < 1.29 is 14.3 Å². The first-order chi connectivity index (χ1) is 12.1. The van der Waals surface area contributed by atoms with Gasteiger partial charge in [0.2, 0.25) is 0 Å². The lowest BCUT2D eigenvalue weighted by atomic mass is 9.90. The number of aryl methyl sites for hydroxylation is 1. The van der Waals surface area contributed by atoms with Gasteiger partial charge in [0.1, 0.15) is 5.75 Å². The summed E-state index contributed by atoms with van der Waals surface area (Å²) in [4.78, 5) is 25.9. The Hall–Kier alpha value is -2.82. The predicted molar refractivity (Wildman–Crippen MR) is 94.8 cm³/mol. The lowest BCUT2D eigenvalue weighted by Gasteiger charge is -2.39. The number of carbonyl (C=O) groups is 2. The number of benzene rings is 2. The Balaban J connectivity index is 1.39. The van der Waals surface area contributed by atoms with Crippen LogP contribution in [0.25, 0.3) is 0 Å². The molecule has 2 aliphatic rings. The van der Waals surface area contributed by atoms with Crippen molar-refractivity contribution in [3.05, 3.63) is 59.2 Å². The Labute approximate surface area is 146 Å². The lowest BCUT2D eigenvalue weighted by Crippen LogP contribution is -2.50. The van der Waals surface area contributed by atoms with E-state index < -0.39 is 0 Å². The number of anilines is 1. The van der Waals surface area contributed by atoms with Crippen molar-refractivity contribution in [2.75, 3.05) is 25.0 Å². The van der Waals surface area contributed by atoms with E-state index in [4.69, 9.17) is 4.74 Å². The van der Waals surface area contributed by atoms with Gasteiger partial charge in [0.15, 0.2) is 6.61 Å². The Bertz CT molecular complexity index is 841. The summed E-state index contributed by atoms with van der Waals surface area (Å²) in [6.07, 6.45) is 1.00. The number of nitrogens with zero attached hydrogens (tertiary/aromatic N) is 1.